The molecular formula is C27H23F2N3O5. The average molecular weight is 507 g/mol. The average Bonchev–Trinajstić information content (AvgIpc) is 2.83. The second kappa shape index (κ2) is 10.1. The number of benzene rings is 3. The van der Waals surface area contributed by atoms with Crippen molar-refractivity contribution in [2.45, 2.75) is 13.8 Å². The molecule has 2 amide bonds. The van der Waals surface area contributed by atoms with Gasteiger partial charge in [0.05, 0.1) is 18.3 Å². The second-order valence-corrected chi connectivity index (χ2v) is 8.22. The van der Waals surface area contributed by atoms with E-state index >= 15 is 0 Å². The van der Waals surface area contributed by atoms with Crippen LogP contribution in [-0.2, 0) is 4.79 Å². The molecular weight excluding hydrogens is 484 g/mol. The molecule has 37 heavy (non-hydrogen) atoms. The number of nitrogens with zero attached hydrogens (tertiary/aromatic N) is 2. The zero-order valence-electron chi connectivity index (χ0n) is 20.2. The van der Waals surface area contributed by atoms with Gasteiger partial charge in [-0.1, -0.05) is 0 Å². The summed E-state index contributed by atoms with van der Waals surface area (Å²) >= 11 is 0. The van der Waals surface area contributed by atoms with E-state index in [0.717, 1.165) is 17.0 Å². The van der Waals surface area contributed by atoms with E-state index in [1.165, 1.54) is 43.0 Å². The number of nitrogens with one attached hydrogen (secondary N) is 1. The van der Waals surface area contributed by atoms with Crippen LogP contribution in [0.3, 0.4) is 0 Å². The highest BCUT2D eigenvalue weighted by Crippen LogP contribution is 2.28. The summed E-state index contributed by atoms with van der Waals surface area (Å²) in [4.78, 5) is 39.8. The topological polar surface area (TPSA) is 101 Å². The van der Waals surface area contributed by atoms with Crippen LogP contribution in [0.25, 0.3) is 16.6 Å². The predicted molar refractivity (Wildman–Crippen MR) is 136 cm³/mol. The molecule has 0 aliphatic rings. The summed E-state index contributed by atoms with van der Waals surface area (Å²) in [5.74, 6) is -2.56. The lowest BCUT2D eigenvalue weighted by atomic mass is 10.1. The fraction of sp³-hybridized carbons (Fsp3) is 0.148. The van der Waals surface area contributed by atoms with Gasteiger partial charge in [0, 0.05) is 60.7 Å². The summed E-state index contributed by atoms with van der Waals surface area (Å²) in [7, 11) is 1.44. The molecule has 0 fully saturated rings. The van der Waals surface area contributed by atoms with Crippen molar-refractivity contribution in [1.29, 1.82) is 0 Å². The molecule has 0 saturated carbocycles. The van der Waals surface area contributed by atoms with Gasteiger partial charge in [-0.2, -0.15) is 0 Å². The van der Waals surface area contributed by atoms with Crippen LogP contribution < -0.4 is 20.4 Å². The number of phenolic OH excluding ortho intramolecular Hbond substituents is 1. The summed E-state index contributed by atoms with van der Waals surface area (Å²) in [6, 6.07) is 11.6. The third-order valence-corrected chi connectivity index (χ3v) is 5.66. The van der Waals surface area contributed by atoms with E-state index in [4.69, 9.17) is 4.74 Å². The van der Waals surface area contributed by atoms with Crippen LogP contribution in [-0.4, -0.2) is 35.1 Å². The number of pyridine rings is 1. The molecule has 0 saturated heterocycles. The lowest BCUT2D eigenvalue weighted by Crippen LogP contribution is -2.35. The third-order valence-electron chi connectivity index (χ3n) is 5.66. The van der Waals surface area contributed by atoms with Gasteiger partial charge in [-0.05, 0) is 37.3 Å². The highest BCUT2D eigenvalue weighted by atomic mass is 19.1. The van der Waals surface area contributed by atoms with Crippen LogP contribution in [0.2, 0.25) is 0 Å². The summed E-state index contributed by atoms with van der Waals surface area (Å²) in [6.07, 6.45) is 1.29. The summed E-state index contributed by atoms with van der Waals surface area (Å²) in [6.45, 7) is 2.98. The number of methoxy groups -OCH3 is 1. The lowest BCUT2D eigenvalue weighted by molar-refractivity contribution is -0.114. The number of phenols is 1. The molecule has 1 heterocycles. The van der Waals surface area contributed by atoms with Gasteiger partial charge in [0.2, 0.25) is 11.3 Å². The number of aromatic nitrogens is 1. The molecule has 10 heteroatoms. The van der Waals surface area contributed by atoms with Crippen LogP contribution >= 0.6 is 0 Å². The van der Waals surface area contributed by atoms with Crippen molar-refractivity contribution in [3.8, 4) is 17.2 Å². The number of aromatic hydroxyl groups is 1. The Hall–Kier alpha value is -4.73. The van der Waals surface area contributed by atoms with Crippen molar-refractivity contribution in [2.24, 2.45) is 0 Å². The van der Waals surface area contributed by atoms with E-state index in [0.29, 0.717) is 23.2 Å². The lowest BCUT2D eigenvalue weighted by Gasteiger charge is -2.22. The van der Waals surface area contributed by atoms with Gasteiger partial charge < -0.3 is 24.6 Å². The minimum atomic E-state index is -0.866. The number of fused-ring (bicyclic) bond motifs is 1. The largest absolute Gasteiger partial charge is 0.508 e. The number of carbonyl (C=O) groups is 2. The maximum Gasteiger partial charge on any atom is 0.263 e. The first-order valence-corrected chi connectivity index (χ1v) is 11.2. The van der Waals surface area contributed by atoms with Crippen LogP contribution in [0.5, 0.6) is 11.5 Å². The van der Waals surface area contributed by atoms with E-state index in [2.05, 4.69) is 5.32 Å². The zero-order chi connectivity index (χ0) is 26.9. The van der Waals surface area contributed by atoms with E-state index in [1.54, 1.807) is 25.1 Å². The predicted octanol–water partition coefficient (Wildman–Crippen LogP) is 4.61. The SMILES string of the molecule is CCN(C(=O)c1cn(-c2cc(NC(C)=O)cc(OC)c2)c2cc(O)ccc2c1=O)c1cc(F)cc(F)c1. The number of rotatable bonds is 6. The molecule has 190 valence electrons. The van der Waals surface area contributed by atoms with Crippen molar-refractivity contribution >= 4 is 34.1 Å². The molecule has 4 rings (SSSR count). The summed E-state index contributed by atoms with van der Waals surface area (Å²) in [5.41, 5.74) is 0.143. The molecule has 4 aromatic rings. The number of hydrogen-bond donors (Lipinski definition) is 2. The molecule has 0 aliphatic carbocycles. The fourth-order valence-electron chi connectivity index (χ4n) is 4.08. The second-order valence-electron chi connectivity index (χ2n) is 8.22. The van der Waals surface area contributed by atoms with Crippen molar-refractivity contribution in [3.63, 3.8) is 0 Å². The molecule has 2 N–H and O–H groups in total. The third kappa shape index (κ3) is 5.13. The van der Waals surface area contributed by atoms with Crippen LogP contribution in [0.1, 0.15) is 24.2 Å². The van der Waals surface area contributed by atoms with Gasteiger partial charge in [0.1, 0.15) is 28.7 Å². The quantitative estimate of drug-likeness (QED) is 0.397. The molecule has 0 spiro atoms. The van der Waals surface area contributed by atoms with E-state index in [9.17, 15) is 28.3 Å². The number of anilines is 2. The minimum absolute atomic E-state index is 0.0284. The number of halogens is 2. The molecule has 0 radical (unpaired) electrons. The number of amides is 2. The van der Waals surface area contributed by atoms with Gasteiger partial charge in [0.25, 0.3) is 5.91 Å². The normalized spacial score (nSPS) is 10.8. The Morgan fingerprint density at radius 1 is 1.05 bits per heavy atom. The van der Waals surface area contributed by atoms with Crippen molar-refractivity contribution in [3.05, 3.63) is 88.2 Å². The molecule has 0 aliphatic heterocycles. The van der Waals surface area contributed by atoms with E-state index in [1.807, 2.05) is 0 Å². The summed E-state index contributed by atoms with van der Waals surface area (Å²) in [5, 5.41) is 12.9. The van der Waals surface area contributed by atoms with Crippen LogP contribution in [0.15, 0.2) is 65.6 Å². The maximum absolute atomic E-state index is 13.9. The fourth-order valence-corrected chi connectivity index (χ4v) is 4.08. The molecule has 3 aromatic carbocycles. The van der Waals surface area contributed by atoms with Crippen molar-refractivity contribution in [2.75, 3.05) is 23.9 Å². The standard InChI is InChI=1S/C27H23F2N3O5/c1-4-31(19-8-16(28)7-17(29)9-19)27(36)24-14-32(25-13-21(34)5-6-23(25)26(24)35)20-10-18(30-15(2)33)11-22(12-20)37-3/h5-14,34H,4H2,1-3H3,(H,30,33). The maximum atomic E-state index is 13.9. The number of ether oxygens (including phenoxy) is 1. The first-order valence-electron chi connectivity index (χ1n) is 11.2. The van der Waals surface area contributed by atoms with Crippen LogP contribution in [0, 0.1) is 11.6 Å². The van der Waals surface area contributed by atoms with Crippen molar-refractivity contribution in [1.82, 2.24) is 4.57 Å². The Morgan fingerprint density at radius 3 is 2.38 bits per heavy atom. The Bertz CT molecular complexity index is 1580. The first kappa shape index (κ1) is 25.4. The van der Waals surface area contributed by atoms with Gasteiger partial charge >= 0.3 is 0 Å². The number of carbonyl (C=O) groups excluding carboxylic acids is 2. The van der Waals surface area contributed by atoms with Gasteiger partial charge in [-0.3, -0.25) is 14.4 Å². The minimum Gasteiger partial charge on any atom is -0.508 e. The Balaban J connectivity index is 1.97. The van der Waals surface area contributed by atoms with Gasteiger partial charge in [0.15, 0.2) is 0 Å². The van der Waals surface area contributed by atoms with E-state index in [-0.39, 0.29) is 40.4 Å². The molecule has 0 bridgehead atoms. The Morgan fingerprint density at radius 2 is 1.76 bits per heavy atom. The Kier molecular flexibility index (Phi) is 6.92. The molecule has 0 atom stereocenters. The highest BCUT2D eigenvalue weighted by molar-refractivity contribution is 6.07. The molecule has 8 nitrogen and oxygen atoms in total. The monoisotopic (exact) mass is 507 g/mol. The Labute approximate surface area is 210 Å². The number of hydrogen-bond acceptors (Lipinski definition) is 5. The summed E-state index contributed by atoms with van der Waals surface area (Å²) < 4.78 is 34.6. The molecule has 0 unspecified atom stereocenters. The van der Waals surface area contributed by atoms with Crippen molar-refractivity contribution < 1.29 is 28.2 Å². The first-order chi connectivity index (χ1) is 17.6. The molecule has 1 aromatic heterocycles. The van der Waals surface area contributed by atoms with Gasteiger partial charge in [-0.25, -0.2) is 8.78 Å². The smallest absolute Gasteiger partial charge is 0.263 e. The van der Waals surface area contributed by atoms with E-state index < -0.39 is 23.0 Å². The highest BCUT2D eigenvalue weighted by Gasteiger charge is 2.23. The van der Waals surface area contributed by atoms with Crippen LogP contribution in [0.4, 0.5) is 20.2 Å². The zero-order valence-corrected chi connectivity index (χ0v) is 20.2. The van der Waals surface area contributed by atoms with Gasteiger partial charge in [-0.15, -0.1) is 0 Å².